The zero-order valence-electron chi connectivity index (χ0n) is 13.6. The maximum absolute atomic E-state index is 12.4. The molecule has 8 nitrogen and oxygen atoms in total. The predicted octanol–water partition coefficient (Wildman–Crippen LogP) is -0.380. The first-order valence-corrected chi connectivity index (χ1v) is 7.66. The molecule has 1 aliphatic rings. The number of ether oxygens (including phenoxy) is 1. The number of carbonyl (C=O) groups is 2. The van der Waals surface area contributed by atoms with Crippen LogP contribution in [0.1, 0.15) is 6.92 Å². The SMILES string of the molecule is COCCN(CC(=O)N1CCN(c2ncccn2)CC1)C(C)=O. The van der Waals surface area contributed by atoms with Gasteiger partial charge in [0.05, 0.1) is 13.2 Å². The number of piperazine rings is 1. The van der Waals surface area contributed by atoms with Crippen LogP contribution >= 0.6 is 0 Å². The van der Waals surface area contributed by atoms with Crippen LogP contribution in [-0.4, -0.2) is 84.6 Å². The summed E-state index contributed by atoms with van der Waals surface area (Å²) < 4.78 is 4.97. The van der Waals surface area contributed by atoms with Crippen molar-refractivity contribution in [1.82, 2.24) is 19.8 Å². The minimum Gasteiger partial charge on any atom is -0.383 e. The molecule has 126 valence electrons. The molecule has 1 aromatic heterocycles. The molecule has 2 rings (SSSR count). The normalized spacial score (nSPS) is 14.7. The summed E-state index contributed by atoms with van der Waals surface area (Å²) in [5, 5.41) is 0. The Morgan fingerprint density at radius 1 is 1.22 bits per heavy atom. The Morgan fingerprint density at radius 2 is 1.87 bits per heavy atom. The van der Waals surface area contributed by atoms with E-state index < -0.39 is 0 Å². The van der Waals surface area contributed by atoms with Gasteiger partial charge in [-0.1, -0.05) is 0 Å². The minimum absolute atomic E-state index is 0.0371. The fourth-order valence-electron chi connectivity index (χ4n) is 2.42. The number of aromatic nitrogens is 2. The second-order valence-electron chi connectivity index (χ2n) is 5.35. The Bertz CT molecular complexity index is 517. The van der Waals surface area contributed by atoms with Crippen LogP contribution in [0.4, 0.5) is 5.95 Å². The van der Waals surface area contributed by atoms with Gasteiger partial charge in [0.2, 0.25) is 17.8 Å². The monoisotopic (exact) mass is 321 g/mol. The molecular weight excluding hydrogens is 298 g/mol. The van der Waals surface area contributed by atoms with Crippen molar-refractivity contribution < 1.29 is 14.3 Å². The first-order chi connectivity index (χ1) is 11.1. The molecule has 0 atom stereocenters. The zero-order chi connectivity index (χ0) is 16.7. The van der Waals surface area contributed by atoms with Gasteiger partial charge in [0, 0.05) is 59.2 Å². The summed E-state index contributed by atoms with van der Waals surface area (Å²) in [7, 11) is 1.57. The molecule has 1 fully saturated rings. The van der Waals surface area contributed by atoms with Crippen molar-refractivity contribution in [2.75, 3.05) is 57.9 Å². The lowest BCUT2D eigenvalue weighted by Gasteiger charge is -2.35. The molecule has 2 amide bonds. The standard InChI is InChI=1S/C15H23N5O3/c1-13(21)20(10-11-23-2)12-14(22)18-6-8-19(9-7-18)15-16-4-3-5-17-15/h3-5H,6-12H2,1-2H3. The number of amides is 2. The van der Waals surface area contributed by atoms with Crippen LogP contribution in [0.15, 0.2) is 18.5 Å². The highest BCUT2D eigenvalue weighted by atomic mass is 16.5. The molecule has 1 saturated heterocycles. The summed E-state index contributed by atoms with van der Waals surface area (Å²) in [6.45, 7) is 5.00. The van der Waals surface area contributed by atoms with Crippen LogP contribution in [0.5, 0.6) is 0 Å². The van der Waals surface area contributed by atoms with Crippen molar-refractivity contribution >= 4 is 17.8 Å². The number of anilines is 1. The molecule has 0 bridgehead atoms. The number of carbonyl (C=O) groups excluding carboxylic acids is 2. The van der Waals surface area contributed by atoms with E-state index in [9.17, 15) is 9.59 Å². The summed E-state index contributed by atoms with van der Waals surface area (Å²) in [5.41, 5.74) is 0. The molecule has 0 aromatic carbocycles. The lowest BCUT2D eigenvalue weighted by atomic mass is 10.3. The highest BCUT2D eigenvalue weighted by Gasteiger charge is 2.24. The van der Waals surface area contributed by atoms with Crippen molar-refractivity contribution in [3.05, 3.63) is 18.5 Å². The van der Waals surface area contributed by atoms with E-state index >= 15 is 0 Å². The van der Waals surface area contributed by atoms with Crippen molar-refractivity contribution in [2.24, 2.45) is 0 Å². The van der Waals surface area contributed by atoms with Gasteiger partial charge in [-0.3, -0.25) is 9.59 Å². The Kier molecular flexibility index (Phi) is 6.28. The van der Waals surface area contributed by atoms with E-state index in [-0.39, 0.29) is 18.4 Å². The fraction of sp³-hybridized carbons (Fsp3) is 0.600. The Hall–Kier alpha value is -2.22. The topological polar surface area (TPSA) is 78.9 Å². The molecule has 2 heterocycles. The van der Waals surface area contributed by atoms with E-state index in [4.69, 9.17) is 4.74 Å². The van der Waals surface area contributed by atoms with E-state index in [0.717, 1.165) is 0 Å². The number of methoxy groups -OCH3 is 1. The van der Waals surface area contributed by atoms with Crippen molar-refractivity contribution in [3.8, 4) is 0 Å². The van der Waals surface area contributed by atoms with E-state index in [1.165, 1.54) is 11.8 Å². The van der Waals surface area contributed by atoms with Gasteiger partial charge in [0.1, 0.15) is 0 Å². The molecule has 0 saturated carbocycles. The Balaban J connectivity index is 1.84. The molecule has 23 heavy (non-hydrogen) atoms. The molecule has 0 unspecified atom stereocenters. The second kappa shape index (κ2) is 8.42. The maximum Gasteiger partial charge on any atom is 0.242 e. The third kappa shape index (κ3) is 4.88. The first kappa shape index (κ1) is 17.1. The van der Waals surface area contributed by atoms with Crippen LogP contribution in [0, 0.1) is 0 Å². The molecule has 1 aromatic rings. The van der Waals surface area contributed by atoms with Gasteiger partial charge in [-0.05, 0) is 6.07 Å². The van der Waals surface area contributed by atoms with E-state index in [2.05, 4.69) is 14.9 Å². The number of hydrogen-bond donors (Lipinski definition) is 0. The van der Waals surface area contributed by atoms with Gasteiger partial charge >= 0.3 is 0 Å². The molecule has 0 radical (unpaired) electrons. The third-order valence-electron chi connectivity index (χ3n) is 3.80. The second-order valence-corrected chi connectivity index (χ2v) is 5.35. The Labute approximate surface area is 136 Å². The molecule has 8 heteroatoms. The molecule has 0 aliphatic carbocycles. The quantitative estimate of drug-likeness (QED) is 0.711. The summed E-state index contributed by atoms with van der Waals surface area (Å²) in [4.78, 5) is 37.7. The van der Waals surface area contributed by atoms with Gasteiger partial charge in [-0.2, -0.15) is 0 Å². The van der Waals surface area contributed by atoms with Crippen LogP contribution in [0.2, 0.25) is 0 Å². The highest BCUT2D eigenvalue weighted by Crippen LogP contribution is 2.10. The lowest BCUT2D eigenvalue weighted by Crippen LogP contribution is -2.52. The average Bonchev–Trinajstić information content (AvgIpc) is 2.59. The first-order valence-electron chi connectivity index (χ1n) is 7.66. The largest absolute Gasteiger partial charge is 0.383 e. The number of hydrogen-bond acceptors (Lipinski definition) is 6. The maximum atomic E-state index is 12.4. The predicted molar refractivity (Wildman–Crippen MR) is 85.0 cm³/mol. The highest BCUT2D eigenvalue weighted by molar-refractivity contribution is 5.84. The zero-order valence-corrected chi connectivity index (χ0v) is 13.6. The van der Waals surface area contributed by atoms with Gasteiger partial charge in [-0.15, -0.1) is 0 Å². The van der Waals surface area contributed by atoms with Gasteiger partial charge < -0.3 is 19.4 Å². The molecule has 0 spiro atoms. The van der Waals surface area contributed by atoms with Crippen LogP contribution in [0.25, 0.3) is 0 Å². The van der Waals surface area contributed by atoms with Gasteiger partial charge in [0.25, 0.3) is 0 Å². The summed E-state index contributed by atoms with van der Waals surface area (Å²) in [6, 6.07) is 1.78. The Morgan fingerprint density at radius 3 is 2.43 bits per heavy atom. The minimum atomic E-state index is -0.119. The van der Waals surface area contributed by atoms with Crippen LogP contribution in [-0.2, 0) is 14.3 Å². The van der Waals surface area contributed by atoms with E-state index in [0.29, 0.717) is 45.3 Å². The van der Waals surface area contributed by atoms with E-state index in [1.54, 1.807) is 30.5 Å². The smallest absolute Gasteiger partial charge is 0.242 e. The number of rotatable bonds is 6. The third-order valence-corrected chi connectivity index (χ3v) is 3.80. The van der Waals surface area contributed by atoms with Crippen molar-refractivity contribution in [2.45, 2.75) is 6.92 Å². The average molecular weight is 321 g/mol. The lowest BCUT2D eigenvalue weighted by molar-refractivity contribution is -0.140. The molecular formula is C15H23N5O3. The summed E-state index contributed by atoms with van der Waals surface area (Å²) >= 11 is 0. The number of nitrogens with zero attached hydrogens (tertiary/aromatic N) is 5. The molecule has 0 N–H and O–H groups in total. The summed E-state index contributed by atoms with van der Waals surface area (Å²) in [5.74, 6) is 0.529. The summed E-state index contributed by atoms with van der Waals surface area (Å²) in [6.07, 6.45) is 3.42. The van der Waals surface area contributed by atoms with Crippen molar-refractivity contribution in [1.29, 1.82) is 0 Å². The van der Waals surface area contributed by atoms with Crippen molar-refractivity contribution in [3.63, 3.8) is 0 Å². The van der Waals surface area contributed by atoms with Crippen LogP contribution < -0.4 is 4.90 Å². The van der Waals surface area contributed by atoms with E-state index in [1.807, 2.05) is 0 Å². The van der Waals surface area contributed by atoms with Gasteiger partial charge in [0.15, 0.2) is 0 Å². The van der Waals surface area contributed by atoms with Crippen LogP contribution in [0.3, 0.4) is 0 Å². The van der Waals surface area contributed by atoms with Gasteiger partial charge in [-0.25, -0.2) is 9.97 Å². The molecule has 1 aliphatic heterocycles. The fourth-order valence-corrected chi connectivity index (χ4v) is 2.42.